The van der Waals surface area contributed by atoms with E-state index in [2.05, 4.69) is 10.6 Å². The summed E-state index contributed by atoms with van der Waals surface area (Å²) in [6.45, 7) is 5.21. The SMILES string of the molecule is COCCCNC(=O)CN(C)C(C(=O)Nc1cc(C)ccc1C)c1ccccc1. The molecule has 1 unspecified atom stereocenters. The van der Waals surface area contributed by atoms with E-state index in [1.54, 1.807) is 19.1 Å². The number of nitrogens with zero attached hydrogens (tertiary/aromatic N) is 1. The van der Waals surface area contributed by atoms with Gasteiger partial charge in [0.2, 0.25) is 11.8 Å². The van der Waals surface area contributed by atoms with Crippen LogP contribution in [0.15, 0.2) is 48.5 Å². The Labute approximate surface area is 173 Å². The summed E-state index contributed by atoms with van der Waals surface area (Å²) < 4.78 is 4.99. The van der Waals surface area contributed by atoms with Gasteiger partial charge in [-0.25, -0.2) is 0 Å². The number of carbonyl (C=O) groups is 2. The van der Waals surface area contributed by atoms with Crippen molar-refractivity contribution in [1.82, 2.24) is 10.2 Å². The number of carbonyl (C=O) groups excluding carboxylic acids is 2. The number of methoxy groups -OCH3 is 1. The molecule has 156 valence electrons. The van der Waals surface area contributed by atoms with E-state index in [1.165, 1.54) is 0 Å². The molecule has 2 N–H and O–H groups in total. The molecule has 0 aliphatic carbocycles. The quantitative estimate of drug-likeness (QED) is 0.605. The van der Waals surface area contributed by atoms with Gasteiger partial charge in [0, 0.05) is 25.9 Å². The fraction of sp³-hybridized carbons (Fsp3) is 0.391. The van der Waals surface area contributed by atoms with E-state index in [0.29, 0.717) is 13.2 Å². The monoisotopic (exact) mass is 397 g/mol. The second-order valence-corrected chi connectivity index (χ2v) is 7.23. The van der Waals surface area contributed by atoms with Crippen molar-refractivity contribution in [2.75, 3.05) is 39.2 Å². The van der Waals surface area contributed by atoms with Crippen LogP contribution in [-0.2, 0) is 14.3 Å². The molecule has 0 aromatic heterocycles. The van der Waals surface area contributed by atoms with Crippen molar-refractivity contribution in [3.8, 4) is 0 Å². The lowest BCUT2D eigenvalue weighted by Crippen LogP contribution is -2.41. The number of aryl methyl sites for hydroxylation is 2. The standard InChI is InChI=1S/C23H31N3O3/c1-17-11-12-18(2)20(15-17)25-23(28)22(19-9-6-5-7-10-19)26(3)16-21(27)24-13-8-14-29-4/h5-7,9-12,15,22H,8,13-14,16H2,1-4H3,(H,24,27)(H,25,28). The molecule has 1 atom stereocenters. The normalized spacial score (nSPS) is 11.9. The number of hydrogen-bond donors (Lipinski definition) is 2. The average molecular weight is 398 g/mol. The second-order valence-electron chi connectivity index (χ2n) is 7.23. The van der Waals surface area contributed by atoms with Crippen molar-refractivity contribution in [2.45, 2.75) is 26.3 Å². The van der Waals surface area contributed by atoms with Gasteiger partial charge in [0.15, 0.2) is 0 Å². The Morgan fingerprint density at radius 1 is 1.10 bits per heavy atom. The minimum atomic E-state index is -0.583. The van der Waals surface area contributed by atoms with Crippen LogP contribution in [0.4, 0.5) is 5.69 Å². The molecule has 0 aliphatic rings. The third-order valence-electron chi connectivity index (χ3n) is 4.70. The Hall–Kier alpha value is -2.70. The molecule has 0 radical (unpaired) electrons. The van der Waals surface area contributed by atoms with Crippen molar-refractivity contribution >= 4 is 17.5 Å². The van der Waals surface area contributed by atoms with Gasteiger partial charge in [-0.15, -0.1) is 0 Å². The highest BCUT2D eigenvalue weighted by Crippen LogP contribution is 2.23. The van der Waals surface area contributed by atoms with Gasteiger partial charge in [0.05, 0.1) is 6.54 Å². The van der Waals surface area contributed by atoms with Gasteiger partial charge in [-0.1, -0.05) is 42.5 Å². The van der Waals surface area contributed by atoms with Crippen molar-refractivity contribution in [1.29, 1.82) is 0 Å². The first-order valence-electron chi connectivity index (χ1n) is 9.81. The topological polar surface area (TPSA) is 70.7 Å². The van der Waals surface area contributed by atoms with Gasteiger partial charge in [0.1, 0.15) is 6.04 Å². The summed E-state index contributed by atoms with van der Waals surface area (Å²) >= 11 is 0. The van der Waals surface area contributed by atoms with Gasteiger partial charge in [-0.05, 0) is 50.1 Å². The molecule has 29 heavy (non-hydrogen) atoms. The van der Waals surface area contributed by atoms with Crippen LogP contribution < -0.4 is 10.6 Å². The van der Waals surface area contributed by atoms with E-state index < -0.39 is 6.04 Å². The first kappa shape index (κ1) is 22.6. The van der Waals surface area contributed by atoms with Crippen LogP contribution >= 0.6 is 0 Å². The van der Waals surface area contributed by atoms with Crippen LogP contribution in [-0.4, -0.2) is 50.6 Å². The maximum absolute atomic E-state index is 13.2. The van der Waals surface area contributed by atoms with E-state index in [1.807, 2.05) is 62.4 Å². The number of rotatable bonds is 10. The first-order chi connectivity index (χ1) is 13.9. The molecule has 0 saturated carbocycles. The number of nitrogens with one attached hydrogen (secondary N) is 2. The smallest absolute Gasteiger partial charge is 0.246 e. The Kier molecular flexibility index (Phi) is 8.83. The van der Waals surface area contributed by atoms with E-state index >= 15 is 0 Å². The molecule has 0 heterocycles. The summed E-state index contributed by atoms with van der Waals surface area (Å²) in [4.78, 5) is 27.3. The first-order valence-corrected chi connectivity index (χ1v) is 9.81. The zero-order valence-electron chi connectivity index (χ0n) is 17.7. The van der Waals surface area contributed by atoms with Crippen LogP contribution in [0.2, 0.25) is 0 Å². The predicted octanol–water partition coefficient (Wildman–Crippen LogP) is 3.07. The van der Waals surface area contributed by atoms with Crippen molar-refractivity contribution in [3.05, 3.63) is 65.2 Å². The molecule has 0 fully saturated rings. The summed E-state index contributed by atoms with van der Waals surface area (Å²) in [7, 11) is 3.42. The molecule has 6 nitrogen and oxygen atoms in total. The van der Waals surface area contributed by atoms with Gasteiger partial charge < -0.3 is 15.4 Å². The van der Waals surface area contributed by atoms with E-state index in [4.69, 9.17) is 4.74 Å². The highest BCUT2D eigenvalue weighted by atomic mass is 16.5. The highest BCUT2D eigenvalue weighted by molar-refractivity contribution is 5.96. The maximum atomic E-state index is 13.2. The van der Waals surface area contributed by atoms with E-state index in [9.17, 15) is 9.59 Å². The summed E-state index contributed by atoms with van der Waals surface area (Å²) in [6, 6.07) is 14.9. The van der Waals surface area contributed by atoms with Crippen LogP contribution in [0.5, 0.6) is 0 Å². The highest BCUT2D eigenvalue weighted by Gasteiger charge is 2.27. The second kappa shape index (κ2) is 11.3. The zero-order chi connectivity index (χ0) is 21.2. The predicted molar refractivity (Wildman–Crippen MR) is 116 cm³/mol. The van der Waals surface area contributed by atoms with E-state index in [-0.39, 0.29) is 18.4 Å². The van der Waals surface area contributed by atoms with Gasteiger partial charge >= 0.3 is 0 Å². The van der Waals surface area contributed by atoms with Crippen LogP contribution in [0.1, 0.15) is 29.2 Å². The molecule has 2 amide bonds. The zero-order valence-corrected chi connectivity index (χ0v) is 17.7. The Balaban J connectivity index is 2.13. The molecule has 6 heteroatoms. The number of likely N-dealkylation sites (N-methyl/N-ethyl adjacent to an activating group) is 1. The van der Waals surface area contributed by atoms with Crippen LogP contribution in [0, 0.1) is 13.8 Å². The molecule has 0 spiro atoms. The van der Waals surface area contributed by atoms with Crippen molar-refractivity contribution in [3.63, 3.8) is 0 Å². The molecule has 0 aliphatic heterocycles. The number of ether oxygens (including phenoxy) is 1. The summed E-state index contributed by atoms with van der Waals surface area (Å²) in [5, 5.41) is 5.90. The largest absolute Gasteiger partial charge is 0.385 e. The summed E-state index contributed by atoms with van der Waals surface area (Å²) in [5.41, 5.74) is 3.69. The molecule has 0 saturated heterocycles. The fourth-order valence-corrected chi connectivity index (χ4v) is 3.13. The Bertz CT molecular complexity index is 808. The van der Waals surface area contributed by atoms with Crippen LogP contribution in [0.3, 0.4) is 0 Å². The average Bonchev–Trinajstić information content (AvgIpc) is 2.69. The number of amides is 2. The summed E-state index contributed by atoms with van der Waals surface area (Å²) in [6.07, 6.45) is 0.751. The van der Waals surface area contributed by atoms with Gasteiger partial charge in [-0.2, -0.15) is 0 Å². The number of anilines is 1. The molecule has 2 aromatic rings. The lowest BCUT2D eigenvalue weighted by Gasteiger charge is -2.27. The molecule has 0 bridgehead atoms. The minimum Gasteiger partial charge on any atom is -0.385 e. The summed E-state index contributed by atoms with van der Waals surface area (Å²) in [5.74, 6) is -0.288. The fourth-order valence-electron chi connectivity index (χ4n) is 3.13. The Morgan fingerprint density at radius 3 is 2.52 bits per heavy atom. The maximum Gasteiger partial charge on any atom is 0.246 e. The number of hydrogen-bond acceptors (Lipinski definition) is 4. The van der Waals surface area contributed by atoms with E-state index in [0.717, 1.165) is 28.8 Å². The Morgan fingerprint density at radius 2 is 1.83 bits per heavy atom. The van der Waals surface area contributed by atoms with Gasteiger partial charge in [0.25, 0.3) is 0 Å². The van der Waals surface area contributed by atoms with Crippen molar-refractivity contribution in [2.24, 2.45) is 0 Å². The third-order valence-corrected chi connectivity index (χ3v) is 4.70. The molecule has 2 aromatic carbocycles. The van der Waals surface area contributed by atoms with Crippen LogP contribution in [0.25, 0.3) is 0 Å². The molecular formula is C23H31N3O3. The molecule has 2 rings (SSSR count). The minimum absolute atomic E-state index is 0.118. The lowest BCUT2D eigenvalue weighted by atomic mass is 10.0. The molecular weight excluding hydrogens is 366 g/mol. The lowest BCUT2D eigenvalue weighted by molar-refractivity contribution is -0.125. The van der Waals surface area contributed by atoms with Gasteiger partial charge in [-0.3, -0.25) is 14.5 Å². The van der Waals surface area contributed by atoms with Crippen molar-refractivity contribution < 1.29 is 14.3 Å². The number of benzene rings is 2. The third kappa shape index (κ3) is 7.00.